The highest BCUT2D eigenvalue weighted by atomic mass is 35.5. The molecule has 0 saturated heterocycles. The Hall–Kier alpha value is -2.26. The summed E-state index contributed by atoms with van der Waals surface area (Å²) in [4.78, 5) is 6.98. The first-order valence-corrected chi connectivity index (χ1v) is 8.51. The molecule has 4 rings (SSSR count). The molecule has 0 saturated carbocycles. The van der Waals surface area contributed by atoms with Gasteiger partial charge in [-0.3, -0.25) is 0 Å². The van der Waals surface area contributed by atoms with Crippen LogP contribution in [0, 0.1) is 0 Å². The molecule has 0 amide bonds. The number of fused-ring (bicyclic) bond motifs is 2. The topological polar surface area (TPSA) is 25.4 Å². The van der Waals surface area contributed by atoms with Crippen LogP contribution in [-0.2, 0) is 13.0 Å². The van der Waals surface area contributed by atoms with Gasteiger partial charge in [-0.25, -0.2) is 4.98 Å². The second-order valence-corrected chi connectivity index (χ2v) is 6.66. The average Bonchev–Trinajstić information content (AvgIpc) is 2.91. The fourth-order valence-corrected chi connectivity index (χ4v) is 3.66. The molecule has 24 heavy (non-hydrogen) atoms. The molecule has 1 atom stereocenters. The smallest absolute Gasteiger partial charge is 0.134 e. The highest BCUT2D eigenvalue weighted by Gasteiger charge is 2.26. The van der Waals surface area contributed by atoms with E-state index in [1.54, 1.807) is 7.11 Å². The van der Waals surface area contributed by atoms with E-state index >= 15 is 0 Å². The lowest BCUT2D eigenvalue weighted by Crippen LogP contribution is -2.28. The standard InChI is InChI=1S/C20H19ClN2O/c1-13-9-15-5-3-4-6-19(15)23(13)12-16-10-14-7-8-17(24-2)11-18(14)22-20(16)21/h3-8,10-11,13H,9,12H2,1-2H3/t13-/m0/s1. The van der Waals surface area contributed by atoms with Crippen molar-refractivity contribution in [1.82, 2.24) is 4.98 Å². The van der Waals surface area contributed by atoms with Crippen molar-refractivity contribution in [2.75, 3.05) is 12.0 Å². The summed E-state index contributed by atoms with van der Waals surface area (Å²) in [5.74, 6) is 0.793. The van der Waals surface area contributed by atoms with Crippen LogP contribution in [-0.4, -0.2) is 18.1 Å². The van der Waals surface area contributed by atoms with Crippen LogP contribution in [0.25, 0.3) is 10.9 Å². The fraction of sp³-hybridized carbons (Fsp3) is 0.250. The van der Waals surface area contributed by atoms with Crippen LogP contribution >= 0.6 is 11.6 Å². The lowest BCUT2D eigenvalue weighted by atomic mass is 10.1. The van der Waals surface area contributed by atoms with Crippen LogP contribution < -0.4 is 9.64 Å². The zero-order valence-electron chi connectivity index (χ0n) is 13.8. The maximum Gasteiger partial charge on any atom is 0.134 e. The van der Waals surface area contributed by atoms with E-state index in [0.717, 1.165) is 35.2 Å². The molecular weight excluding hydrogens is 320 g/mol. The van der Waals surface area contributed by atoms with Crippen LogP contribution in [0.15, 0.2) is 48.5 Å². The fourth-order valence-electron chi connectivity index (χ4n) is 3.46. The minimum atomic E-state index is 0.463. The first-order chi connectivity index (χ1) is 11.7. The average molecular weight is 339 g/mol. The van der Waals surface area contributed by atoms with Gasteiger partial charge < -0.3 is 9.64 Å². The lowest BCUT2D eigenvalue weighted by molar-refractivity contribution is 0.415. The number of methoxy groups -OCH3 is 1. The number of nitrogens with zero attached hydrogens (tertiary/aromatic N) is 2. The molecule has 0 fully saturated rings. The third-order valence-corrected chi connectivity index (χ3v) is 5.07. The molecule has 1 aromatic heterocycles. The van der Waals surface area contributed by atoms with E-state index in [4.69, 9.17) is 16.3 Å². The van der Waals surface area contributed by atoms with E-state index in [-0.39, 0.29) is 0 Å². The number of hydrogen-bond donors (Lipinski definition) is 0. The molecule has 1 aliphatic heterocycles. The van der Waals surface area contributed by atoms with Crippen LogP contribution in [0.1, 0.15) is 18.1 Å². The van der Waals surface area contributed by atoms with Crippen LogP contribution in [0.3, 0.4) is 0 Å². The predicted molar refractivity (Wildman–Crippen MR) is 99.1 cm³/mol. The summed E-state index contributed by atoms with van der Waals surface area (Å²) in [5.41, 5.74) is 4.62. The van der Waals surface area contributed by atoms with Gasteiger partial charge >= 0.3 is 0 Å². The SMILES string of the molecule is COc1ccc2cc(CN3c4ccccc4C[C@@H]3C)c(Cl)nc2c1. The van der Waals surface area contributed by atoms with Gasteiger partial charge in [0, 0.05) is 35.3 Å². The molecule has 4 heteroatoms. The van der Waals surface area contributed by atoms with Gasteiger partial charge in [0.15, 0.2) is 0 Å². The van der Waals surface area contributed by atoms with Crippen molar-refractivity contribution in [1.29, 1.82) is 0 Å². The lowest BCUT2D eigenvalue weighted by Gasteiger charge is -2.25. The largest absolute Gasteiger partial charge is 0.497 e. The Bertz CT molecular complexity index is 909. The van der Waals surface area contributed by atoms with E-state index in [0.29, 0.717) is 11.2 Å². The number of pyridine rings is 1. The number of benzene rings is 2. The minimum Gasteiger partial charge on any atom is -0.497 e. The number of anilines is 1. The van der Waals surface area contributed by atoms with Gasteiger partial charge in [-0.2, -0.15) is 0 Å². The van der Waals surface area contributed by atoms with Crippen LogP contribution in [0.5, 0.6) is 5.75 Å². The molecule has 1 aliphatic rings. The van der Waals surface area contributed by atoms with E-state index in [1.807, 2.05) is 18.2 Å². The van der Waals surface area contributed by atoms with Crippen molar-refractivity contribution < 1.29 is 4.74 Å². The summed E-state index contributed by atoms with van der Waals surface area (Å²) >= 11 is 6.47. The molecule has 0 spiro atoms. The molecule has 3 nitrogen and oxygen atoms in total. The van der Waals surface area contributed by atoms with Crippen LogP contribution in [0.2, 0.25) is 5.15 Å². The summed E-state index contributed by atoms with van der Waals surface area (Å²) in [6.45, 7) is 3.03. The first kappa shape index (κ1) is 15.3. The highest BCUT2D eigenvalue weighted by Crippen LogP contribution is 2.34. The minimum absolute atomic E-state index is 0.463. The maximum absolute atomic E-state index is 6.47. The molecule has 0 N–H and O–H groups in total. The molecule has 0 unspecified atom stereocenters. The second kappa shape index (κ2) is 5.99. The molecule has 3 aromatic rings. The molecule has 0 bridgehead atoms. The van der Waals surface area contributed by atoms with Crippen molar-refractivity contribution in [2.45, 2.75) is 25.9 Å². The Morgan fingerprint density at radius 1 is 1.21 bits per heavy atom. The molecule has 122 valence electrons. The van der Waals surface area contributed by atoms with E-state index in [1.165, 1.54) is 11.3 Å². The second-order valence-electron chi connectivity index (χ2n) is 6.31. The predicted octanol–water partition coefficient (Wildman–Crippen LogP) is 4.85. The third-order valence-electron chi connectivity index (χ3n) is 4.74. The quantitative estimate of drug-likeness (QED) is 0.638. The normalized spacial score (nSPS) is 16.5. The Morgan fingerprint density at radius 3 is 2.88 bits per heavy atom. The van der Waals surface area contributed by atoms with E-state index in [9.17, 15) is 0 Å². The zero-order valence-corrected chi connectivity index (χ0v) is 14.5. The maximum atomic E-state index is 6.47. The summed E-state index contributed by atoms with van der Waals surface area (Å²) in [6, 6.07) is 17.1. The Morgan fingerprint density at radius 2 is 2.04 bits per heavy atom. The number of halogens is 1. The van der Waals surface area contributed by atoms with Gasteiger partial charge in [0.1, 0.15) is 10.9 Å². The monoisotopic (exact) mass is 338 g/mol. The Kier molecular flexibility index (Phi) is 3.81. The summed E-state index contributed by atoms with van der Waals surface area (Å²) in [5, 5.41) is 1.64. The van der Waals surface area contributed by atoms with Crippen molar-refractivity contribution in [3.8, 4) is 5.75 Å². The number of hydrogen-bond acceptors (Lipinski definition) is 3. The van der Waals surface area contributed by atoms with Gasteiger partial charge in [-0.05, 0) is 43.2 Å². The highest BCUT2D eigenvalue weighted by molar-refractivity contribution is 6.30. The van der Waals surface area contributed by atoms with Gasteiger partial charge in [-0.15, -0.1) is 0 Å². The molecule has 2 heterocycles. The van der Waals surface area contributed by atoms with Crippen LogP contribution in [0.4, 0.5) is 5.69 Å². The first-order valence-electron chi connectivity index (χ1n) is 8.13. The zero-order chi connectivity index (χ0) is 16.7. The van der Waals surface area contributed by atoms with Gasteiger partial charge in [-0.1, -0.05) is 29.8 Å². The summed E-state index contributed by atoms with van der Waals surface area (Å²) in [7, 11) is 1.66. The van der Waals surface area contributed by atoms with Gasteiger partial charge in [0.2, 0.25) is 0 Å². The summed E-state index contributed by atoms with van der Waals surface area (Å²) in [6.07, 6.45) is 1.08. The van der Waals surface area contributed by atoms with Crippen molar-refractivity contribution in [3.63, 3.8) is 0 Å². The third kappa shape index (κ3) is 2.59. The van der Waals surface area contributed by atoms with Gasteiger partial charge in [0.05, 0.1) is 12.6 Å². The number of aromatic nitrogens is 1. The molecule has 0 radical (unpaired) electrons. The van der Waals surface area contributed by atoms with E-state index in [2.05, 4.69) is 47.1 Å². The molecule has 2 aromatic carbocycles. The number of rotatable bonds is 3. The summed E-state index contributed by atoms with van der Waals surface area (Å²) < 4.78 is 5.26. The van der Waals surface area contributed by atoms with Crippen molar-refractivity contribution in [3.05, 3.63) is 64.8 Å². The number of ether oxygens (including phenoxy) is 1. The van der Waals surface area contributed by atoms with Crippen molar-refractivity contribution in [2.24, 2.45) is 0 Å². The van der Waals surface area contributed by atoms with Crippen molar-refractivity contribution >= 4 is 28.2 Å². The Labute approximate surface area is 146 Å². The Balaban J connectivity index is 1.71. The van der Waals surface area contributed by atoms with Gasteiger partial charge in [0.25, 0.3) is 0 Å². The van der Waals surface area contributed by atoms with E-state index < -0.39 is 0 Å². The molecular formula is C20H19ClN2O. The molecule has 0 aliphatic carbocycles. The number of para-hydroxylation sites is 1.